The van der Waals surface area contributed by atoms with Gasteiger partial charge in [0.25, 0.3) is 0 Å². The molecule has 3 N–H and O–H groups in total. The number of rotatable bonds is 7. The van der Waals surface area contributed by atoms with Crippen molar-refractivity contribution in [1.82, 2.24) is 29.7 Å². The summed E-state index contributed by atoms with van der Waals surface area (Å²) in [5.74, 6) is 1.14. The molecule has 2 fully saturated rings. The smallest absolute Gasteiger partial charge is 0.408 e. The second-order valence-corrected chi connectivity index (χ2v) is 14.8. The molecule has 0 radical (unpaired) electrons. The number of carbonyl (C=O) groups excluding carboxylic acids is 2. The Balaban J connectivity index is 1.23. The molecule has 0 bridgehead atoms. The summed E-state index contributed by atoms with van der Waals surface area (Å²) in [4.78, 5) is 43.6. The lowest BCUT2D eigenvalue weighted by Crippen LogP contribution is -2.52. The third-order valence-corrected chi connectivity index (χ3v) is 10.2. The molecule has 1 aliphatic heterocycles. The van der Waals surface area contributed by atoms with Gasteiger partial charge in [-0.25, -0.2) is 19.7 Å². The number of aromatic nitrogens is 4. The molecule has 7 rings (SSSR count). The van der Waals surface area contributed by atoms with Crippen LogP contribution >= 0.6 is 0 Å². The van der Waals surface area contributed by atoms with Crippen LogP contribution in [0.1, 0.15) is 65.4 Å². The van der Waals surface area contributed by atoms with E-state index in [0.717, 1.165) is 78.9 Å². The summed E-state index contributed by atoms with van der Waals surface area (Å²) in [6.45, 7) is 9.00. The van der Waals surface area contributed by atoms with Crippen LogP contribution < -0.4 is 16.0 Å². The molecular formula is C40H46N8O3. The minimum atomic E-state index is -0.579. The number of benzene rings is 2. The molecule has 4 heterocycles. The number of nitrogens with one attached hydrogen (secondary N) is 1. The molecule has 5 aromatic rings. The van der Waals surface area contributed by atoms with Crippen molar-refractivity contribution in [3.05, 3.63) is 84.6 Å². The van der Waals surface area contributed by atoms with Crippen molar-refractivity contribution in [2.24, 2.45) is 0 Å². The summed E-state index contributed by atoms with van der Waals surface area (Å²) in [6, 6.07) is 24.8. The largest absolute Gasteiger partial charge is 0.444 e. The van der Waals surface area contributed by atoms with E-state index in [1.54, 1.807) is 13.1 Å². The second-order valence-electron chi connectivity index (χ2n) is 14.8. The molecule has 1 aliphatic carbocycles. The zero-order valence-corrected chi connectivity index (χ0v) is 30.0. The average molecular weight is 687 g/mol. The standard InChI is InChI=1S/C40H46N8O3/c1-26(49)46(5)29-18-23-47(24-19-29)31-10-6-9-27(25-31)33-16-17-34-37(43-33)48(36(44-34)32-11-7-22-42-35(32)41)30-14-12-28(13-15-30)40(20-8-21-40)45-38(50)51-39(2,3)4/h6-7,9-17,22,25,29H,8,18-21,23-24H2,1-5H3,(H2,41,42)(H,45,50). The number of carbonyl (C=O) groups is 2. The Bertz CT molecular complexity index is 2070. The van der Waals surface area contributed by atoms with E-state index in [1.807, 2.05) is 73.7 Å². The SMILES string of the molecule is CC(=O)N(C)C1CCN(c2cccc(-c3ccc4nc(-c5cccnc5N)n(-c5ccc(C6(NC(=O)OC(C)(C)C)CCC6)cc5)c4n3)c2)CC1. The Morgan fingerprint density at radius 1 is 0.961 bits per heavy atom. The number of amides is 2. The maximum absolute atomic E-state index is 12.8. The monoisotopic (exact) mass is 686 g/mol. The minimum Gasteiger partial charge on any atom is -0.444 e. The first-order valence-electron chi connectivity index (χ1n) is 17.7. The zero-order valence-electron chi connectivity index (χ0n) is 30.0. The summed E-state index contributed by atoms with van der Waals surface area (Å²) in [5, 5.41) is 3.16. The molecule has 3 aromatic heterocycles. The van der Waals surface area contributed by atoms with Crippen LogP contribution in [-0.2, 0) is 15.1 Å². The van der Waals surface area contributed by atoms with Gasteiger partial charge in [0.1, 0.15) is 16.9 Å². The summed E-state index contributed by atoms with van der Waals surface area (Å²) in [5.41, 5.74) is 12.4. The van der Waals surface area contributed by atoms with Crippen LogP contribution in [0.5, 0.6) is 0 Å². The lowest BCUT2D eigenvalue weighted by Gasteiger charge is -2.43. The molecule has 2 aromatic carbocycles. The van der Waals surface area contributed by atoms with Gasteiger partial charge in [0, 0.05) is 56.2 Å². The predicted molar refractivity (Wildman–Crippen MR) is 201 cm³/mol. The number of pyridine rings is 2. The van der Waals surface area contributed by atoms with Gasteiger partial charge in [-0.15, -0.1) is 0 Å². The third kappa shape index (κ3) is 6.85. The van der Waals surface area contributed by atoms with Crippen LogP contribution in [0.3, 0.4) is 0 Å². The predicted octanol–water partition coefficient (Wildman–Crippen LogP) is 7.08. The van der Waals surface area contributed by atoms with Gasteiger partial charge < -0.3 is 25.6 Å². The Hall–Kier alpha value is -5.45. The molecule has 2 amide bonds. The van der Waals surface area contributed by atoms with E-state index < -0.39 is 17.2 Å². The van der Waals surface area contributed by atoms with Crippen molar-refractivity contribution >= 4 is 34.7 Å². The van der Waals surface area contributed by atoms with E-state index in [2.05, 4.69) is 51.6 Å². The van der Waals surface area contributed by atoms with E-state index in [-0.39, 0.29) is 11.9 Å². The summed E-state index contributed by atoms with van der Waals surface area (Å²) in [6.07, 6.45) is 5.83. The number of alkyl carbamates (subject to hydrolysis) is 1. The molecule has 1 saturated carbocycles. The molecule has 2 aliphatic rings. The Labute approximate surface area is 298 Å². The molecule has 1 saturated heterocycles. The maximum atomic E-state index is 12.8. The summed E-state index contributed by atoms with van der Waals surface area (Å²) < 4.78 is 7.64. The van der Waals surface area contributed by atoms with Crippen LogP contribution in [-0.4, -0.2) is 68.2 Å². The Morgan fingerprint density at radius 2 is 1.71 bits per heavy atom. The first kappa shape index (κ1) is 34.0. The van der Waals surface area contributed by atoms with E-state index in [9.17, 15) is 9.59 Å². The molecule has 0 unspecified atom stereocenters. The van der Waals surface area contributed by atoms with Crippen LogP contribution in [0.25, 0.3) is 39.5 Å². The Morgan fingerprint density at radius 3 is 2.35 bits per heavy atom. The normalized spacial score (nSPS) is 16.1. The molecule has 11 nitrogen and oxygen atoms in total. The van der Waals surface area contributed by atoms with Gasteiger partial charge in [-0.2, -0.15) is 0 Å². The zero-order chi connectivity index (χ0) is 35.9. The highest BCUT2D eigenvalue weighted by molar-refractivity contribution is 5.85. The van der Waals surface area contributed by atoms with Crippen molar-refractivity contribution in [3.8, 4) is 28.3 Å². The molecule has 51 heavy (non-hydrogen) atoms. The van der Waals surface area contributed by atoms with Crippen molar-refractivity contribution in [2.75, 3.05) is 30.8 Å². The van der Waals surface area contributed by atoms with E-state index >= 15 is 0 Å². The number of hydrogen-bond acceptors (Lipinski definition) is 8. The highest BCUT2D eigenvalue weighted by Crippen LogP contribution is 2.42. The minimum absolute atomic E-state index is 0.110. The first-order valence-corrected chi connectivity index (χ1v) is 17.7. The van der Waals surface area contributed by atoms with Gasteiger partial charge in [-0.1, -0.05) is 24.3 Å². The van der Waals surface area contributed by atoms with Crippen LogP contribution in [0, 0.1) is 0 Å². The second kappa shape index (κ2) is 13.4. The van der Waals surface area contributed by atoms with Gasteiger partial charge in [-0.3, -0.25) is 9.36 Å². The highest BCUT2D eigenvalue weighted by Gasteiger charge is 2.41. The number of anilines is 2. The molecular weight excluding hydrogens is 640 g/mol. The van der Waals surface area contributed by atoms with Crippen LogP contribution in [0.15, 0.2) is 79.0 Å². The number of nitrogen functional groups attached to an aromatic ring is 1. The first-order chi connectivity index (χ1) is 24.4. The number of nitrogens with two attached hydrogens (primary N) is 1. The van der Waals surface area contributed by atoms with Crippen molar-refractivity contribution < 1.29 is 14.3 Å². The maximum Gasteiger partial charge on any atom is 0.408 e. The average Bonchev–Trinajstić information content (AvgIpc) is 3.48. The number of piperidine rings is 1. The fourth-order valence-corrected chi connectivity index (χ4v) is 7.22. The van der Waals surface area contributed by atoms with Gasteiger partial charge in [0.2, 0.25) is 5.91 Å². The molecule has 11 heteroatoms. The van der Waals surface area contributed by atoms with Gasteiger partial charge in [-0.05, 0) is 107 Å². The van der Waals surface area contributed by atoms with Crippen molar-refractivity contribution in [1.29, 1.82) is 0 Å². The topological polar surface area (TPSA) is 132 Å². The van der Waals surface area contributed by atoms with E-state index in [0.29, 0.717) is 22.9 Å². The Kier molecular flexibility index (Phi) is 8.91. The molecule has 0 spiro atoms. The third-order valence-electron chi connectivity index (χ3n) is 10.2. The summed E-state index contributed by atoms with van der Waals surface area (Å²) in [7, 11) is 1.90. The van der Waals surface area contributed by atoms with E-state index in [1.165, 1.54) is 0 Å². The lowest BCUT2D eigenvalue weighted by atomic mass is 9.72. The number of nitrogens with zero attached hydrogens (tertiary/aromatic N) is 6. The fourth-order valence-electron chi connectivity index (χ4n) is 7.22. The van der Waals surface area contributed by atoms with Gasteiger partial charge >= 0.3 is 6.09 Å². The number of imidazole rings is 1. The quantitative estimate of drug-likeness (QED) is 0.186. The number of hydrogen-bond donors (Lipinski definition) is 2. The van der Waals surface area contributed by atoms with Crippen molar-refractivity contribution in [3.63, 3.8) is 0 Å². The summed E-state index contributed by atoms with van der Waals surface area (Å²) >= 11 is 0. The van der Waals surface area contributed by atoms with Crippen molar-refractivity contribution in [2.45, 2.75) is 77.0 Å². The van der Waals surface area contributed by atoms with Gasteiger partial charge in [0.05, 0.1) is 16.8 Å². The van der Waals surface area contributed by atoms with Crippen LogP contribution in [0.4, 0.5) is 16.3 Å². The molecule has 264 valence electrons. The van der Waals surface area contributed by atoms with Crippen LogP contribution in [0.2, 0.25) is 0 Å². The number of ether oxygens (including phenoxy) is 1. The molecule has 0 atom stereocenters. The lowest BCUT2D eigenvalue weighted by molar-refractivity contribution is -0.129. The van der Waals surface area contributed by atoms with Gasteiger partial charge in [0.15, 0.2) is 11.5 Å². The highest BCUT2D eigenvalue weighted by atomic mass is 16.6. The van der Waals surface area contributed by atoms with E-state index in [4.69, 9.17) is 20.4 Å². The number of fused-ring (bicyclic) bond motifs is 1. The fraction of sp³-hybridized carbons (Fsp3) is 0.375.